The Kier molecular flexibility index (Phi) is 3.44. The number of nitrogens with two attached hydrogens (primary N) is 1. The van der Waals surface area contributed by atoms with E-state index in [-0.39, 0.29) is 0 Å². The van der Waals surface area contributed by atoms with Crippen LogP contribution in [0.3, 0.4) is 0 Å². The van der Waals surface area contributed by atoms with E-state index in [2.05, 4.69) is 11.9 Å². The summed E-state index contributed by atoms with van der Waals surface area (Å²) in [6, 6.07) is 11.3. The number of hydrogen-bond acceptors (Lipinski definition) is 4. The van der Waals surface area contributed by atoms with Gasteiger partial charge in [0.25, 0.3) is 0 Å². The highest BCUT2D eigenvalue weighted by molar-refractivity contribution is 5.53. The zero-order valence-electron chi connectivity index (χ0n) is 10.1. The lowest BCUT2D eigenvalue weighted by Gasteiger charge is -2.08. The minimum absolute atomic E-state index is 0.322. The summed E-state index contributed by atoms with van der Waals surface area (Å²) in [6.07, 6.45) is 2.38. The summed E-state index contributed by atoms with van der Waals surface area (Å²) in [6.45, 7) is 2.08. The van der Waals surface area contributed by atoms with Crippen LogP contribution in [-0.4, -0.2) is 4.98 Å². The first-order valence-corrected chi connectivity index (χ1v) is 5.65. The van der Waals surface area contributed by atoms with Crippen LogP contribution >= 0.6 is 0 Å². The molecule has 0 saturated heterocycles. The minimum Gasteiger partial charge on any atom is -0.437 e. The summed E-state index contributed by atoms with van der Waals surface area (Å²) in [7, 11) is 0. The Morgan fingerprint density at radius 3 is 2.89 bits per heavy atom. The zero-order chi connectivity index (χ0) is 13.0. The summed E-state index contributed by atoms with van der Waals surface area (Å²) < 4.78 is 5.61. The van der Waals surface area contributed by atoms with Crippen LogP contribution in [0.1, 0.15) is 18.1 Å². The number of nitriles is 1. The molecule has 18 heavy (non-hydrogen) atoms. The quantitative estimate of drug-likeness (QED) is 0.893. The average molecular weight is 239 g/mol. The van der Waals surface area contributed by atoms with E-state index in [1.165, 1.54) is 11.8 Å². The molecule has 1 aromatic heterocycles. The number of benzene rings is 1. The van der Waals surface area contributed by atoms with Crippen LogP contribution in [0.2, 0.25) is 0 Å². The van der Waals surface area contributed by atoms with Crippen molar-refractivity contribution in [1.82, 2.24) is 4.98 Å². The van der Waals surface area contributed by atoms with Crippen LogP contribution in [0, 0.1) is 11.3 Å². The SMILES string of the molecule is CCc1cccc(Oc2ncc(C#N)cc2N)c1. The molecule has 0 unspecified atom stereocenters. The molecule has 1 heterocycles. The number of hydrogen-bond donors (Lipinski definition) is 1. The van der Waals surface area contributed by atoms with Gasteiger partial charge >= 0.3 is 0 Å². The molecule has 2 aromatic rings. The fraction of sp³-hybridized carbons (Fsp3) is 0.143. The molecule has 0 spiro atoms. The van der Waals surface area contributed by atoms with Crippen LogP contribution in [0.4, 0.5) is 5.69 Å². The molecule has 0 saturated carbocycles. The van der Waals surface area contributed by atoms with Crippen molar-refractivity contribution in [2.24, 2.45) is 0 Å². The summed E-state index contributed by atoms with van der Waals surface area (Å²) in [4.78, 5) is 4.03. The molecular formula is C14H13N3O. The van der Waals surface area contributed by atoms with Crippen LogP contribution in [0.25, 0.3) is 0 Å². The highest BCUT2D eigenvalue weighted by Crippen LogP contribution is 2.26. The molecule has 0 atom stereocenters. The minimum atomic E-state index is 0.322. The van der Waals surface area contributed by atoms with Crippen molar-refractivity contribution in [3.05, 3.63) is 47.7 Å². The largest absolute Gasteiger partial charge is 0.437 e. The highest BCUT2D eigenvalue weighted by Gasteiger charge is 2.05. The lowest BCUT2D eigenvalue weighted by atomic mass is 10.2. The van der Waals surface area contributed by atoms with E-state index in [0.29, 0.717) is 22.9 Å². The summed E-state index contributed by atoms with van der Waals surface area (Å²) >= 11 is 0. The smallest absolute Gasteiger partial charge is 0.242 e. The Morgan fingerprint density at radius 1 is 1.39 bits per heavy atom. The van der Waals surface area contributed by atoms with Crippen molar-refractivity contribution in [1.29, 1.82) is 5.26 Å². The van der Waals surface area contributed by atoms with Crippen molar-refractivity contribution in [3.63, 3.8) is 0 Å². The van der Waals surface area contributed by atoms with Gasteiger partial charge in [-0.1, -0.05) is 19.1 Å². The van der Waals surface area contributed by atoms with Crippen molar-refractivity contribution in [2.75, 3.05) is 5.73 Å². The van der Waals surface area contributed by atoms with E-state index in [4.69, 9.17) is 15.7 Å². The van der Waals surface area contributed by atoms with Crippen molar-refractivity contribution >= 4 is 5.69 Å². The van der Waals surface area contributed by atoms with Gasteiger partial charge in [0.2, 0.25) is 5.88 Å². The predicted octanol–water partition coefficient (Wildman–Crippen LogP) is 2.89. The van der Waals surface area contributed by atoms with Gasteiger partial charge < -0.3 is 10.5 Å². The van der Waals surface area contributed by atoms with Gasteiger partial charge in [-0.05, 0) is 30.2 Å². The molecule has 0 amide bonds. The van der Waals surface area contributed by atoms with Crippen LogP contribution in [-0.2, 0) is 6.42 Å². The second-order valence-corrected chi connectivity index (χ2v) is 3.83. The molecular weight excluding hydrogens is 226 g/mol. The van der Waals surface area contributed by atoms with Gasteiger partial charge in [0, 0.05) is 6.20 Å². The van der Waals surface area contributed by atoms with E-state index in [0.717, 1.165) is 6.42 Å². The number of nitrogen functional groups attached to an aromatic ring is 1. The Morgan fingerprint density at radius 2 is 2.22 bits per heavy atom. The van der Waals surface area contributed by atoms with Gasteiger partial charge in [-0.25, -0.2) is 4.98 Å². The van der Waals surface area contributed by atoms with Crippen LogP contribution in [0.5, 0.6) is 11.6 Å². The van der Waals surface area contributed by atoms with Crippen molar-refractivity contribution < 1.29 is 4.74 Å². The Labute approximate surface area is 106 Å². The van der Waals surface area contributed by atoms with Gasteiger partial charge in [0.1, 0.15) is 11.8 Å². The number of ether oxygens (including phenoxy) is 1. The molecule has 2 rings (SSSR count). The number of aromatic nitrogens is 1. The second-order valence-electron chi connectivity index (χ2n) is 3.83. The first-order chi connectivity index (χ1) is 8.72. The summed E-state index contributed by atoms with van der Waals surface area (Å²) in [5, 5.41) is 8.72. The highest BCUT2D eigenvalue weighted by atomic mass is 16.5. The molecule has 0 fully saturated rings. The summed E-state index contributed by atoms with van der Waals surface area (Å²) in [5.74, 6) is 1.01. The van der Waals surface area contributed by atoms with Crippen molar-refractivity contribution in [3.8, 4) is 17.7 Å². The van der Waals surface area contributed by atoms with Crippen LogP contribution < -0.4 is 10.5 Å². The number of anilines is 1. The third-order valence-corrected chi connectivity index (χ3v) is 2.53. The molecule has 4 nitrogen and oxygen atoms in total. The molecule has 1 aromatic carbocycles. The molecule has 0 aliphatic heterocycles. The maximum absolute atomic E-state index is 8.72. The predicted molar refractivity (Wildman–Crippen MR) is 69.3 cm³/mol. The van der Waals surface area contributed by atoms with Crippen LogP contribution in [0.15, 0.2) is 36.5 Å². The maximum atomic E-state index is 8.72. The maximum Gasteiger partial charge on any atom is 0.242 e. The second kappa shape index (κ2) is 5.19. The first-order valence-electron chi connectivity index (χ1n) is 5.65. The lowest BCUT2D eigenvalue weighted by molar-refractivity contribution is 0.465. The van der Waals surface area contributed by atoms with E-state index >= 15 is 0 Å². The first kappa shape index (κ1) is 11.9. The van der Waals surface area contributed by atoms with Gasteiger partial charge in [0.15, 0.2) is 0 Å². The monoisotopic (exact) mass is 239 g/mol. The van der Waals surface area contributed by atoms with E-state index < -0.39 is 0 Å². The Bertz CT molecular complexity index is 602. The molecule has 0 radical (unpaired) electrons. The fourth-order valence-electron chi connectivity index (χ4n) is 1.56. The fourth-order valence-corrected chi connectivity index (χ4v) is 1.56. The summed E-state index contributed by atoms with van der Waals surface area (Å²) in [5.41, 5.74) is 7.73. The Hall–Kier alpha value is -2.54. The topological polar surface area (TPSA) is 71.9 Å². The number of rotatable bonds is 3. The molecule has 0 aliphatic rings. The number of aryl methyl sites for hydroxylation is 1. The third kappa shape index (κ3) is 2.58. The average Bonchev–Trinajstić information content (AvgIpc) is 2.41. The molecule has 0 aliphatic carbocycles. The molecule has 4 heteroatoms. The Balaban J connectivity index is 2.26. The van der Waals surface area contributed by atoms with Gasteiger partial charge in [0.05, 0.1) is 11.3 Å². The van der Waals surface area contributed by atoms with Crippen molar-refractivity contribution in [2.45, 2.75) is 13.3 Å². The van der Waals surface area contributed by atoms with Gasteiger partial charge in [-0.15, -0.1) is 0 Å². The number of nitrogens with zero attached hydrogens (tertiary/aromatic N) is 2. The van der Waals surface area contributed by atoms with E-state index in [1.54, 1.807) is 6.07 Å². The zero-order valence-corrected chi connectivity index (χ0v) is 10.1. The van der Waals surface area contributed by atoms with Gasteiger partial charge in [-0.3, -0.25) is 0 Å². The number of pyridine rings is 1. The standard InChI is InChI=1S/C14H13N3O/c1-2-10-4-3-5-12(6-10)18-14-13(16)7-11(8-15)9-17-14/h3-7,9H,2,16H2,1H3. The van der Waals surface area contributed by atoms with Gasteiger partial charge in [-0.2, -0.15) is 5.26 Å². The van der Waals surface area contributed by atoms with E-state index in [9.17, 15) is 0 Å². The third-order valence-electron chi connectivity index (χ3n) is 2.53. The van der Waals surface area contributed by atoms with E-state index in [1.807, 2.05) is 30.3 Å². The normalized spacial score (nSPS) is 9.78. The molecule has 90 valence electrons. The molecule has 2 N–H and O–H groups in total. The molecule has 0 bridgehead atoms. The lowest BCUT2D eigenvalue weighted by Crippen LogP contribution is -1.96.